The average molecular weight is 145 g/mol. The molecule has 0 unspecified atom stereocenters. The van der Waals surface area contributed by atoms with Gasteiger partial charge in [0.15, 0.2) is 0 Å². The van der Waals surface area contributed by atoms with Gasteiger partial charge >= 0.3 is 63.0 Å². The van der Waals surface area contributed by atoms with E-state index in [-0.39, 0.29) is 52.6 Å². The molecule has 7 heteroatoms. The number of rotatable bonds is 0. The third-order valence-corrected chi connectivity index (χ3v) is 0. The van der Waals surface area contributed by atoms with Crippen molar-refractivity contribution in [1.82, 2.24) is 0 Å². The SMILES string of the molecule is O=S(=O)(O)O.[Mg+2].[Na+]. The van der Waals surface area contributed by atoms with E-state index < -0.39 is 10.4 Å². The van der Waals surface area contributed by atoms with E-state index in [0.29, 0.717) is 0 Å². The van der Waals surface area contributed by atoms with Crippen LogP contribution in [0.2, 0.25) is 0 Å². The summed E-state index contributed by atoms with van der Waals surface area (Å²) >= 11 is 0. The Morgan fingerprint density at radius 3 is 1.14 bits per heavy atom. The van der Waals surface area contributed by atoms with Crippen molar-refractivity contribution in [3.8, 4) is 0 Å². The van der Waals surface area contributed by atoms with Gasteiger partial charge in [-0.15, -0.1) is 0 Å². The van der Waals surface area contributed by atoms with Gasteiger partial charge in [-0.1, -0.05) is 0 Å². The van der Waals surface area contributed by atoms with Gasteiger partial charge in [-0.3, -0.25) is 9.11 Å². The molecule has 0 bridgehead atoms. The molecule has 0 aliphatic carbocycles. The molecule has 0 aromatic rings. The minimum atomic E-state index is -4.67. The Balaban J connectivity index is -0.0000000800. The van der Waals surface area contributed by atoms with Gasteiger partial charge in [0.1, 0.15) is 0 Å². The average Bonchev–Trinajstić information content (AvgIpc) is 0.722. The molecule has 0 radical (unpaired) electrons. The van der Waals surface area contributed by atoms with E-state index in [1.165, 1.54) is 0 Å². The molecular formula is H2MgNaO4S+3. The zero-order valence-corrected chi connectivity index (χ0v) is 8.06. The maximum atomic E-state index is 8.74. The van der Waals surface area contributed by atoms with Crippen LogP contribution in [-0.2, 0) is 10.4 Å². The molecule has 32 valence electrons. The van der Waals surface area contributed by atoms with Gasteiger partial charge in [0, 0.05) is 0 Å². The van der Waals surface area contributed by atoms with Gasteiger partial charge in [0.25, 0.3) is 0 Å². The van der Waals surface area contributed by atoms with Crippen LogP contribution in [0.1, 0.15) is 0 Å². The van der Waals surface area contributed by atoms with Crippen LogP contribution in [0.4, 0.5) is 0 Å². The molecule has 0 fully saturated rings. The molecule has 0 heterocycles. The summed E-state index contributed by atoms with van der Waals surface area (Å²) < 4.78 is 31.6. The van der Waals surface area contributed by atoms with Crippen molar-refractivity contribution in [3.63, 3.8) is 0 Å². The first kappa shape index (κ1) is 15.9. The molecular weight excluding hydrogens is 143 g/mol. The number of hydrogen-bond donors (Lipinski definition) is 2. The smallest absolute Gasteiger partial charge is 0.264 e. The Morgan fingerprint density at radius 1 is 1.14 bits per heavy atom. The monoisotopic (exact) mass is 145 g/mol. The minimum absolute atomic E-state index is 0. The molecule has 0 rings (SSSR count). The minimum Gasteiger partial charge on any atom is -0.264 e. The third-order valence-electron chi connectivity index (χ3n) is 0. The quantitative estimate of drug-likeness (QED) is 0.269. The number of hydrogen-bond acceptors (Lipinski definition) is 2. The van der Waals surface area contributed by atoms with Crippen LogP contribution < -0.4 is 29.6 Å². The van der Waals surface area contributed by atoms with Crippen LogP contribution in [0, 0.1) is 0 Å². The zero-order valence-electron chi connectivity index (χ0n) is 3.83. The van der Waals surface area contributed by atoms with Gasteiger partial charge in [-0.2, -0.15) is 8.42 Å². The van der Waals surface area contributed by atoms with Crippen LogP contribution in [0.3, 0.4) is 0 Å². The zero-order chi connectivity index (χ0) is 4.50. The summed E-state index contributed by atoms with van der Waals surface area (Å²) in [5.74, 6) is 0. The first-order valence-electron chi connectivity index (χ1n) is 0.698. The van der Waals surface area contributed by atoms with E-state index in [1.807, 2.05) is 0 Å². The Bertz CT molecular complexity index is 94.9. The molecule has 0 atom stereocenters. The predicted molar refractivity (Wildman–Crippen MR) is 19.9 cm³/mol. The maximum Gasteiger partial charge on any atom is 2.00 e. The summed E-state index contributed by atoms with van der Waals surface area (Å²) in [6.07, 6.45) is 0. The molecule has 2 N–H and O–H groups in total. The van der Waals surface area contributed by atoms with Gasteiger partial charge in [0.2, 0.25) is 0 Å². The second-order valence-electron chi connectivity index (χ2n) is 0.448. The fraction of sp³-hybridized carbons (Fsp3) is 0. The van der Waals surface area contributed by atoms with E-state index >= 15 is 0 Å². The molecule has 0 spiro atoms. The molecule has 0 aromatic carbocycles. The molecule has 7 heavy (non-hydrogen) atoms. The van der Waals surface area contributed by atoms with Crippen molar-refractivity contribution in [2.24, 2.45) is 0 Å². The first-order chi connectivity index (χ1) is 2.00. The summed E-state index contributed by atoms with van der Waals surface area (Å²) in [5, 5.41) is 0. The van der Waals surface area contributed by atoms with Gasteiger partial charge in [-0.25, -0.2) is 0 Å². The normalized spacial score (nSPS) is 8.29. The van der Waals surface area contributed by atoms with Crippen LogP contribution in [0.15, 0.2) is 0 Å². The van der Waals surface area contributed by atoms with E-state index in [4.69, 9.17) is 17.5 Å². The Kier molecular flexibility index (Phi) is 13.1. The van der Waals surface area contributed by atoms with Crippen LogP contribution in [0.5, 0.6) is 0 Å². The van der Waals surface area contributed by atoms with Crippen molar-refractivity contribution in [2.75, 3.05) is 0 Å². The fourth-order valence-corrected chi connectivity index (χ4v) is 0. The molecule has 0 saturated carbocycles. The van der Waals surface area contributed by atoms with Crippen LogP contribution >= 0.6 is 0 Å². The summed E-state index contributed by atoms with van der Waals surface area (Å²) in [6.45, 7) is 0. The van der Waals surface area contributed by atoms with E-state index in [1.54, 1.807) is 0 Å². The van der Waals surface area contributed by atoms with Crippen molar-refractivity contribution >= 4 is 33.5 Å². The van der Waals surface area contributed by atoms with E-state index in [2.05, 4.69) is 0 Å². The summed E-state index contributed by atoms with van der Waals surface area (Å²) in [5.41, 5.74) is 0. The van der Waals surface area contributed by atoms with Crippen molar-refractivity contribution in [3.05, 3.63) is 0 Å². The first-order valence-corrected chi connectivity index (χ1v) is 2.10. The van der Waals surface area contributed by atoms with Crippen LogP contribution in [-0.4, -0.2) is 40.6 Å². The molecule has 0 aliphatic heterocycles. The molecule has 0 amide bonds. The van der Waals surface area contributed by atoms with E-state index in [9.17, 15) is 0 Å². The topological polar surface area (TPSA) is 74.6 Å². The molecule has 0 aliphatic rings. The van der Waals surface area contributed by atoms with Gasteiger partial charge in [-0.05, 0) is 0 Å². The predicted octanol–water partition coefficient (Wildman–Crippen LogP) is -4.03. The van der Waals surface area contributed by atoms with Crippen molar-refractivity contribution in [2.45, 2.75) is 0 Å². The summed E-state index contributed by atoms with van der Waals surface area (Å²) in [6, 6.07) is 0. The molecule has 0 aromatic heterocycles. The maximum absolute atomic E-state index is 8.74. The summed E-state index contributed by atoms with van der Waals surface area (Å²) in [7, 11) is -4.67. The van der Waals surface area contributed by atoms with E-state index in [0.717, 1.165) is 0 Å². The molecule has 0 saturated heterocycles. The van der Waals surface area contributed by atoms with Crippen molar-refractivity contribution in [1.29, 1.82) is 0 Å². The third kappa shape index (κ3) is 90.6. The second kappa shape index (κ2) is 5.77. The second-order valence-corrected chi connectivity index (χ2v) is 1.34. The van der Waals surface area contributed by atoms with Crippen molar-refractivity contribution < 1.29 is 47.1 Å². The van der Waals surface area contributed by atoms with Crippen LogP contribution in [0.25, 0.3) is 0 Å². The Hall–Kier alpha value is 1.64. The Labute approximate surface area is 79.7 Å². The fourth-order valence-electron chi connectivity index (χ4n) is 0. The standard InChI is InChI=1S/Mg.Na.H2O4S/c;;1-5(2,3)4/h;;(H2,1,2,3,4)/q+2;+1;. The summed E-state index contributed by atoms with van der Waals surface area (Å²) in [4.78, 5) is 0. The largest absolute Gasteiger partial charge is 2.00 e. The Morgan fingerprint density at radius 2 is 1.14 bits per heavy atom. The van der Waals surface area contributed by atoms with Gasteiger partial charge in [0.05, 0.1) is 0 Å². The molecule has 4 nitrogen and oxygen atoms in total. The van der Waals surface area contributed by atoms with Gasteiger partial charge < -0.3 is 0 Å².